The van der Waals surface area contributed by atoms with Gasteiger partial charge < -0.3 is 0 Å². The standard InChI is InChI=1S/C13H14O/c1-9-6-7-12-8-11(10(2)14)4-3-5-13(9)12/h4-5,8-9H,6-7H2,1-2H3. The number of Topliss-reactive ketones (excluding diaryl/α,β-unsaturated/α-hetero) is 1. The van der Waals surface area contributed by atoms with Gasteiger partial charge in [0.25, 0.3) is 0 Å². The maximum absolute atomic E-state index is 11.2. The third kappa shape index (κ3) is 1.51. The fraction of sp³-hybridized carbons (Fsp3) is 0.385. The zero-order chi connectivity index (χ0) is 10.1. The molecule has 2 aliphatic rings. The second-order valence-electron chi connectivity index (χ2n) is 4.03. The summed E-state index contributed by atoms with van der Waals surface area (Å²) in [4.78, 5) is 11.2. The van der Waals surface area contributed by atoms with Crippen molar-refractivity contribution in [3.8, 4) is 0 Å². The molecule has 1 nitrogen and oxygen atoms in total. The molecule has 0 aromatic carbocycles. The molecule has 0 saturated carbocycles. The monoisotopic (exact) mass is 186 g/mol. The van der Waals surface area contributed by atoms with Gasteiger partial charge in [-0.3, -0.25) is 4.79 Å². The van der Waals surface area contributed by atoms with E-state index in [0.717, 1.165) is 12.0 Å². The van der Waals surface area contributed by atoms with E-state index < -0.39 is 0 Å². The van der Waals surface area contributed by atoms with Crippen molar-refractivity contribution in [1.82, 2.24) is 0 Å². The van der Waals surface area contributed by atoms with Gasteiger partial charge in [-0.1, -0.05) is 6.92 Å². The Bertz CT molecular complexity index is 401. The molecule has 0 aromatic heterocycles. The Morgan fingerprint density at radius 3 is 3.00 bits per heavy atom. The van der Waals surface area contributed by atoms with E-state index in [2.05, 4.69) is 12.7 Å². The number of hydrogen-bond acceptors (Lipinski definition) is 1. The largest absolute Gasteiger partial charge is 0.294 e. The SMILES string of the molecule is CC(=O)C1=CC2=C(C=C=C1)C(C)CC2. The number of rotatable bonds is 1. The van der Waals surface area contributed by atoms with Gasteiger partial charge in [-0.2, -0.15) is 0 Å². The molecule has 1 heteroatoms. The Morgan fingerprint density at radius 2 is 2.29 bits per heavy atom. The van der Waals surface area contributed by atoms with Crippen LogP contribution in [0.15, 0.2) is 40.7 Å². The molecule has 0 heterocycles. The zero-order valence-corrected chi connectivity index (χ0v) is 8.63. The zero-order valence-electron chi connectivity index (χ0n) is 8.63. The van der Waals surface area contributed by atoms with E-state index in [1.165, 1.54) is 17.6 Å². The van der Waals surface area contributed by atoms with Gasteiger partial charge in [0.2, 0.25) is 0 Å². The summed E-state index contributed by atoms with van der Waals surface area (Å²) in [6, 6.07) is 0. The van der Waals surface area contributed by atoms with Gasteiger partial charge in [-0.15, -0.1) is 5.73 Å². The molecule has 0 aliphatic heterocycles. The van der Waals surface area contributed by atoms with E-state index in [-0.39, 0.29) is 5.78 Å². The second-order valence-corrected chi connectivity index (χ2v) is 4.03. The van der Waals surface area contributed by atoms with Crippen LogP contribution in [0.3, 0.4) is 0 Å². The Hall–Kier alpha value is -1.33. The van der Waals surface area contributed by atoms with Gasteiger partial charge in [0.1, 0.15) is 0 Å². The molecule has 0 N–H and O–H groups in total. The lowest BCUT2D eigenvalue weighted by molar-refractivity contribution is -0.113. The maximum Gasteiger partial charge on any atom is 0.160 e. The molecule has 0 saturated heterocycles. The van der Waals surface area contributed by atoms with Crippen molar-refractivity contribution in [3.63, 3.8) is 0 Å². The fourth-order valence-corrected chi connectivity index (χ4v) is 2.03. The summed E-state index contributed by atoms with van der Waals surface area (Å²) in [5.41, 5.74) is 6.54. The third-order valence-electron chi connectivity index (χ3n) is 2.96. The smallest absolute Gasteiger partial charge is 0.160 e. The summed E-state index contributed by atoms with van der Waals surface area (Å²) in [7, 11) is 0. The van der Waals surface area contributed by atoms with E-state index in [1.54, 1.807) is 13.0 Å². The van der Waals surface area contributed by atoms with Crippen molar-refractivity contribution >= 4 is 5.78 Å². The number of ketones is 1. The third-order valence-corrected chi connectivity index (χ3v) is 2.96. The van der Waals surface area contributed by atoms with Crippen LogP contribution in [0.4, 0.5) is 0 Å². The highest BCUT2D eigenvalue weighted by Gasteiger charge is 2.20. The van der Waals surface area contributed by atoms with E-state index in [0.29, 0.717) is 5.92 Å². The lowest BCUT2D eigenvalue weighted by atomic mass is 10.0. The molecule has 0 amide bonds. The van der Waals surface area contributed by atoms with Crippen molar-refractivity contribution in [2.45, 2.75) is 26.7 Å². The first kappa shape index (κ1) is 9.23. The van der Waals surface area contributed by atoms with Crippen molar-refractivity contribution < 1.29 is 4.79 Å². The minimum atomic E-state index is 0.124. The summed E-state index contributed by atoms with van der Waals surface area (Å²) >= 11 is 0. The van der Waals surface area contributed by atoms with Crippen molar-refractivity contribution in [2.75, 3.05) is 0 Å². The molecule has 1 atom stereocenters. The quantitative estimate of drug-likeness (QED) is 0.575. The van der Waals surface area contributed by atoms with E-state index in [4.69, 9.17) is 0 Å². The van der Waals surface area contributed by atoms with Gasteiger partial charge in [0, 0.05) is 5.57 Å². The molecule has 2 aliphatic carbocycles. The molecule has 0 aromatic rings. The van der Waals surface area contributed by atoms with Gasteiger partial charge >= 0.3 is 0 Å². The molecule has 0 radical (unpaired) electrons. The van der Waals surface area contributed by atoms with Crippen LogP contribution in [0.5, 0.6) is 0 Å². The second kappa shape index (κ2) is 3.43. The van der Waals surface area contributed by atoms with E-state index in [9.17, 15) is 4.79 Å². The molecule has 72 valence electrons. The molecule has 1 unspecified atom stereocenters. The summed E-state index contributed by atoms with van der Waals surface area (Å²) < 4.78 is 0. The van der Waals surface area contributed by atoms with Gasteiger partial charge in [0.05, 0.1) is 0 Å². The lowest BCUT2D eigenvalue weighted by Crippen LogP contribution is -1.93. The summed E-state index contributed by atoms with van der Waals surface area (Å²) in [6.45, 7) is 3.83. The predicted octanol–water partition coefficient (Wildman–Crippen LogP) is 2.95. The Morgan fingerprint density at radius 1 is 1.50 bits per heavy atom. The number of hydrogen-bond donors (Lipinski definition) is 0. The van der Waals surface area contributed by atoms with Crippen molar-refractivity contribution in [1.29, 1.82) is 0 Å². The average molecular weight is 186 g/mol. The van der Waals surface area contributed by atoms with Crippen LogP contribution >= 0.6 is 0 Å². The van der Waals surface area contributed by atoms with Crippen LogP contribution in [0.2, 0.25) is 0 Å². The van der Waals surface area contributed by atoms with Gasteiger partial charge in [0.15, 0.2) is 5.78 Å². The Labute approximate surface area is 84.5 Å². The number of carbonyl (C=O) groups excluding carboxylic acids is 1. The Balaban J connectivity index is 2.46. The predicted molar refractivity (Wildman–Crippen MR) is 56.8 cm³/mol. The molecule has 0 bridgehead atoms. The molecule has 0 fully saturated rings. The first-order chi connectivity index (χ1) is 6.68. The van der Waals surface area contributed by atoms with E-state index in [1.807, 2.05) is 12.2 Å². The molecular formula is C13H14O. The molecular weight excluding hydrogens is 172 g/mol. The fourth-order valence-electron chi connectivity index (χ4n) is 2.03. The first-order valence-electron chi connectivity index (χ1n) is 5.06. The average Bonchev–Trinajstić information content (AvgIpc) is 2.40. The summed E-state index contributed by atoms with van der Waals surface area (Å²) in [5.74, 6) is 0.743. The van der Waals surface area contributed by atoms with Gasteiger partial charge in [-0.25, -0.2) is 0 Å². The summed E-state index contributed by atoms with van der Waals surface area (Å²) in [5, 5.41) is 0. The van der Waals surface area contributed by atoms with Crippen molar-refractivity contribution in [2.24, 2.45) is 5.92 Å². The molecule has 14 heavy (non-hydrogen) atoms. The minimum Gasteiger partial charge on any atom is -0.294 e. The number of carbonyl (C=O) groups is 1. The van der Waals surface area contributed by atoms with Crippen LogP contribution in [-0.4, -0.2) is 5.78 Å². The van der Waals surface area contributed by atoms with Gasteiger partial charge in [-0.05, 0) is 55.1 Å². The molecule has 2 rings (SSSR count). The van der Waals surface area contributed by atoms with E-state index >= 15 is 0 Å². The highest BCUT2D eigenvalue weighted by molar-refractivity contribution is 5.96. The Kier molecular flexibility index (Phi) is 2.26. The van der Waals surface area contributed by atoms with Crippen LogP contribution in [-0.2, 0) is 4.79 Å². The maximum atomic E-state index is 11.2. The number of allylic oxidation sites excluding steroid dienone is 5. The van der Waals surface area contributed by atoms with Crippen molar-refractivity contribution in [3.05, 3.63) is 40.7 Å². The van der Waals surface area contributed by atoms with Crippen LogP contribution < -0.4 is 0 Å². The summed E-state index contributed by atoms with van der Waals surface area (Å²) in [6.07, 6.45) is 8.13. The topological polar surface area (TPSA) is 17.1 Å². The first-order valence-corrected chi connectivity index (χ1v) is 5.06. The highest BCUT2D eigenvalue weighted by atomic mass is 16.1. The molecule has 0 spiro atoms. The normalized spacial score (nSPS) is 24.7. The lowest BCUT2D eigenvalue weighted by Gasteiger charge is -2.01. The van der Waals surface area contributed by atoms with Crippen LogP contribution in [0.25, 0.3) is 0 Å². The van der Waals surface area contributed by atoms with Crippen LogP contribution in [0, 0.1) is 5.92 Å². The van der Waals surface area contributed by atoms with Crippen LogP contribution in [0.1, 0.15) is 26.7 Å². The highest BCUT2D eigenvalue weighted by Crippen LogP contribution is 2.34. The minimum absolute atomic E-state index is 0.124.